The summed E-state index contributed by atoms with van der Waals surface area (Å²) < 4.78 is 33.2. The summed E-state index contributed by atoms with van der Waals surface area (Å²) in [4.78, 5) is 24.3. The average molecular weight is 783 g/mol. The third kappa shape index (κ3) is 15.5. The Hall–Kier alpha value is -6.06. The van der Waals surface area contributed by atoms with Gasteiger partial charge in [0, 0.05) is 37.2 Å². The summed E-state index contributed by atoms with van der Waals surface area (Å²) in [6, 6.07) is 31.7. The number of ether oxygens (including phenoxy) is 6. The number of rotatable bonds is 19. The number of carbonyl (C=O) groups is 2. The van der Waals surface area contributed by atoms with E-state index < -0.39 is 12.2 Å². The molecule has 0 N–H and O–H groups in total. The topological polar surface area (TPSA) is 89.5 Å². The van der Waals surface area contributed by atoms with Gasteiger partial charge in [-0.05, 0) is 136 Å². The van der Waals surface area contributed by atoms with Crippen molar-refractivity contribution in [3.05, 3.63) is 143 Å². The van der Waals surface area contributed by atoms with Gasteiger partial charge in [0.2, 0.25) is 0 Å². The highest BCUT2D eigenvalue weighted by atomic mass is 16.6. The molecule has 0 bridgehead atoms. The number of carbonyl (C=O) groups excluding carboxylic acids is 2. The lowest BCUT2D eigenvalue weighted by molar-refractivity contribution is -0.157. The van der Waals surface area contributed by atoms with E-state index in [4.69, 9.17) is 28.4 Å². The predicted molar refractivity (Wildman–Crippen MR) is 229 cm³/mol. The second-order valence-corrected chi connectivity index (χ2v) is 13.1. The Morgan fingerprint density at radius 2 is 0.879 bits per heavy atom. The van der Waals surface area contributed by atoms with Crippen LogP contribution in [0.25, 0.3) is 11.1 Å². The first-order valence-electron chi connectivity index (χ1n) is 19.8. The Bertz CT molecular complexity index is 1920. The molecule has 0 aliphatic carbocycles. The number of hydrogen-bond acceptors (Lipinski definition) is 8. The van der Waals surface area contributed by atoms with Crippen molar-refractivity contribution in [2.45, 2.75) is 66.6 Å². The fourth-order valence-corrected chi connectivity index (χ4v) is 5.63. The molecular formula is C50H54O8. The van der Waals surface area contributed by atoms with Gasteiger partial charge in [0.05, 0.1) is 13.2 Å². The molecule has 2 unspecified atom stereocenters. The van der Waals surface area contributed by atoms with Gasteiger partial charge < -0.3 is 28.4 Å². The van der Waals surface area contributed by atoms with E-state index in [0.29, 0.717) is 52.5 Å². The maximum Gasteiger partial charge on any atom is 0.335 e. The van der Waals surface area contributed by atoms with Crippen molar-refractivity contribution in [3.63, 3.8) is 0 Å². The molecule has 0 fully saturated rings. The molecular weight excluding hydrogens is 729 g/mol. The van der Waals surface area contributed by atoms with Crippen LogP contribution in [0, 0.1) is 23.7 Å². The first-order valence-corrected chi connectivity index (χ1v) is 19.8. The average Bonchev–Trinajstić information content (AvgIpc) is 3.23. The molecule has 302 valence electrons. The maximum absolute atomic E-state index is 12.2. The van der Waals surface area contributed by atoms with E-state index in [1.54, 1.807) is 13.8 Å². The quantitative estimate of drug-likeness (QED) is 0.0688. The summed E-state index contributed by atoms with van der Waals surface area (Å²) in [6.45, 7) is 13.5. The normalized spacial score (nSPS) is 12.2. The number of allylic oxidation sites excluding steroid dienone is 2. The van der Waals surface area contributed by atoms with Gasteiger partial charge >= 0.3 is 11.9 Å². The van der Waals surface area contributed by atoms with E-state index in [9.17, 15) is 9.59 Å². The summed E-state index contributed by atoms with van der Waals surface area (Å²) in [5, 5.41) is 0. The summed E-state index contributed by atoms with van der Waals surface area (Å²) in [7, 11) is 0. The van der Waals surface area contributed by atoms with Crippen molar-refractivity contribution in [2.24, 2.45) is 0 Å². The number of benzene rings is 4. The largest absolute Gasteiger partial charge is 0.490 e. The molecule has 4 aromatic carbocycles. The van der Waals surface area contributed by atoms with Gasteiger partial charge in [-0.1, -0.05) is 72.2 Å². The van der Waals surface area contributed by atoms with E-state index in [-0.39, 0.29) is 11.9 Å². The third-order valence-corrected chi connectivity index (χ3v) is 8.71. The summed E-state index contributed by atoms with van der Waals surface area (Å²) >= 11 is 0. The van der Waals surface area contributed by atoms with Crippen LogP contribution in [0.3, 0.4) is 0 Å². The SMILES string of the molecule is CCOC(=O)C(Cc1ccc(OC/C=C(\C)C#Cc2ccc(-c3ccc(C#C/C(C)=C/COc4ccc(CC(OCC)C(=O)OCC)cc4)cc3)cc2)cc1)OCC. The molecule has 0 aliphatic rings. The van der Waals surface area contributed by atoms with Crippen molar-refractivity contribution in [2.75, 3.05) is 39.6 Å². The maximum atomic E-state index is 12.2. The van der Waals surface area contributed by atoms with Gasteiger partial charge in [0.1, 0.15) is 24.7 Å². The molecule has 8 nitrogen and oxygen atoms in total. The van der Waals surface area contributed by atoms with Gasteiger partial charge in [0.15, 0.2) is 12.2 Å². The molecule has 0 aromatic heterocycles. The number of hydrogen-bond donors (Lipinski definition) is 0. The molecule has 58 heavy (non-hydrogen) atoms. The zero-order chi connectivity index (χ0) is 41.5. The Morgan fingerprint density at radius 1 is 0.517 bits per heavy atom. The van der Waals surface area contributed by atoms with E-state index in [2.05, 4.69) is 47.9 Å². The lowest BCUT2D eigenvalue weighted by atomic mass is 10.0. The highest BCUT2D eigenvalue weighted by Crippen LogP contribution is 2.21. The molecule has 0 radical (unpaired) electrons. The van der Waals surface area contributed by atoms with Crippen molar-refractivity contribution in [1.82, 2.24) is 0 Å². The molecule has 4 aromatic rings. The minimum atomic E-state index is -0.618. The molecule has 0 saturated carbocycles. The second kappa shape index (κ2) is 24.5. The van der Waals surface area contributed by atoms with Crippen LogP contribution in [0.4, 0.5) is 0 Å². The van der Waals surface area contributed by atoms with E-state index >= 15 is 0 Å². The van der Waals surface area contributed by atoms with Crippen molar-refractivity contribution >= 4 is 11.9 Å². The lowest BCUT2D eigenvalue weighted by Crippen LogP contribution is -2.28. The Kier molecular flexibility index (Phi) is 18.9. The second-order valence-electron chi connectivity index (χ2n) is 13.1. The highest BCUT2D eigenvalue weighted by Gasteiger charge is 2.21. The van der Waals surface area contributed by atoms with Crippen LogP contribution >= 0.6 is 0 Å². The standard InChI is InChI=1S/C50H54O8/c1-7-53-47(49(51)55-9-3)35-41-19-27-45(28-20-41)57-33-31-37(5)11-13-39-15-23-43(24-16-39)44-25-17-40(18-26-44)14-12-38(6)32-34-58-46-29-21-42(22-30-46)36-48(54-8-2)50(52)56-10-4/h15-32,47-48H,7-10,33-36H2,1-6H3/b37-31+,38-32+. The smallest absolute Gasteiger partial charge is 0.335 e. The van der Waals surface area contributed by atoms with Crippen LogP contribution in [0.2, 0.25) is 0 Å². The Balaban J connectivity index is 1.21. The van der Waals surface area contributed by atoms with Crippen LogP contribution in [-0.4, -0.2) is 63.8 Å². The first kappa shape index (κ1) is 44.7. The van der Waals surface area contributed by atoms with Crippen LogP contribution in [0.15, 0.2) is 120 Å². The zero-order valence-electron chi connectivity index (χ0n) is 34.5. The predicted octanol–water partition coefficient (Wildman–Crippen LogP) is 9.13. The van der Waals surface area contributed by atoms with Crippen LogP contribution < -0.4 is 9.47 Å². The van der Waals surface area contributed by atoms with Crippen molar-refractivity contribution in [1.29, 1.82) is 0 Å². The van der Waals surface area contributed by atoms with Crippen LogP contribution in [0.5, 0.6) is 11.5 Å². The fourth-order valence-electron chi connectivity index (χ4n) is 5.63. The zero-order valence-corrected chi connectivity index (χ0v) is 34.5. The molecule has 4 rings (SSSR count). The van der Waals surface area contributed by atoms with Gasteiger partial charge in [-0.25, -0.2) is 9.59 Å². The Labute approximate surface area is 344 Å². The van der Waals surface area contributed by atoms with Gasteiger partial charge in [-0.3, -0.25) is 0 Å². The minimum absolute atomic E-state index is 0.324. The number of esters is 2. The fraction of sp³-hybridized carbons (Fsp3) is 0.320. The molecule has 0 spiro atoms. The van der Waals surface area contributed by atoms with Crippen molar-refractivity contribution < 1.29 is 38.0 Å². The molecule has 8 heteroatoms. The van der Waals surface area contributed by atoms with Crippen LogP contribution in [0.1, 0.15) is 63.8 Å². The van der Waals surface area contributed by atoms with Gasteiger partial charge in [0.25, 0.3) is 0 Å². The van der Waals surface area contributed by atoms with Crippen LogP contribution in [-0.2, 0) is 41.4 Å². The third-order valence-electron chi connectivity index (χ3n) is 8.71. The summed E-state index contributed by atoms with van der Waals surface area (Å²) in [5.74, 6) is 13.6. The van der Waals surface area contributed by atoms with E-state index in [1.165, 1.54) is 0 Å². The van der Waals surface area contributed by atoms with Gasteiger partial charge in [-0.2, -0.15) is 0 Å². The highest BCUT2D eigenvalue weighted by molar-refractivity contribution is 5.75. The van der Waals surface area contributed by atoms with E-state index in [0.717, 1.165) is 56.0 Å². The monoisotopic (exact) mass is 782 g/mol. The Morgan fingerprint density at radius 3 is 1.21 bits per heavy atom. The molecule has 0 amide bonds. The lowest BCUT2D eigenvalue weighted by Gasteiger charge is -2.15. The van der Waals surface area contributed by atoms with E-state index in [1.807, 2.05) is 113 Å². The molecule has 0 aliphatic heterocycles. The molecule has 0 saturated heterocycles. The van der Waals surface area contributed by atoms with Crippen molar-refractivity contribution in [3.8, 4) is 46.3 Å². The molecule has 2 atom stereocenters. The summed E-state index contributed by atoms with van der Waals surface area (Å²) in [5.41, 5.74) is 7.81. The van der Waals surface area contributed by atoms with Gasteiger partial charge in [-0.15, -0.1) is 0 Å². The summed E-state index contributed by atoms with van der Waals surface area (Å²) in [6.07, 6.45) is 3.56. The first-order chi connectivity index (χ1) is 28.2. The molecule has 0 heterocycles. The minimum Gasteiger partial charge on any atom is -0.490 e.